The number of hydrogen-bond donors (Lipinski definition) is 0. The molecule has 0 aliphatic heterocycles. The van der Waals surface area contributed by atoms with Gasteiger partial charge in [0.15, 0.2) is 5.78 Å². The van der Waals surface area contributed by atoms with Crippen molar-refractivity contribution >= 4 is 17.8 Å². The van der Waals surface area contributed by atoms with Crippen LogP contribution in [0.2, 0.25) is 0 Å². The SMILES string of the molecule is CCOC(=O)C1(C(C)=O)CCC/C1=C/c1ccccc1. The van der Waals surface area contributed by atoms with E-state index in [0.717, 1.165) is 24.0 Å². The van der Waals surface area contributed by atoms with E-state index in [1.54, 1.807) is 6.92 Å². The van der Waals surface area contributed by atoms with Gasteiger partial charge in [-0.05, 0) is 44.2 Å². The van der Waals surface area contributed by atoms with Gasteiger partial charge in [0.25, 0.3) is 0 Å². The Morgan fingerprint density at radius 2 is 2.00 bits per heavy atom. The molecule has 0 radical (unpaired) electrons. The van der Waals surface area contributed by atoms with Crippen LogP contribution in [0.3, 0.4) is 0 Å². The molecule has 20 heavy (non-hydrogen) atoms. The standard InChI is InChI=1S/C17H20O3/c1-3-20-16(19)17(13(2)18)11-7-10-15(17)12-14-8-5-4-6-9-14/h4-6,8-9,12H,3,7,10-11H2,1-2H3/b15-12-. The molecule has 0 aromatic heterocycles. The topological polar surface area (TPSA) is 43.4 Å². The van der Waals surface area contributed by atoms with Gasteiger partial charge in [0, 0.05) is 0 Å². The van der Waals surface area contributed by atoms with Gasteiger partial charge < -0.3 is 4.74 Å². The molecule has 1 atom stereocenters. The molecule has 106 valence electrons. The molecule has 1 unspecified atom stereocenters. The van der Waals surface area contributed by atoms with Crippen molar-refractivity contribution < 1.29 is 14.3 Å². The summed E-state index contributed by atoms with van der Waals surface area (Å²) < 4.78 is 5.16. The largest absolute Gasteiger partial charge is 0.465 e. The molecule has 0 heterocycles. The second-order valence-electron chi connectivity index (χ2n) is 5.12. The zero-order valence-electron chi connectivity index (χ0n) is 12.0. The Hall–Kier alpha value is -1.90. The molecule has 3 nitrogen and oxygen atoms in total. The van der Waals surface area contributed by atoms with Gasteiger partial charge in [-0.25, -0.2) is 0 Å². The second kappa shape index (κ2) is 6.04. The summed E-state index contributed by atoms with van der Waals surface area (Å²) >= 11 is 0. The number of Topliss-reactive ketones (excluding diaryl/α,β-unsaturated/α-hetero) is 1. The Morgan fingerprint density at radius 3 is 2.60 bits per heavy atom. The van der Waals surface area contributed by atoms with Crippen LogP contribution in [-0.2, 0) is 14.3 Å². The third-order valence-electron chi connectivity index (χ3n) is 3.91. The monoisotopic (exact) mass is 272 g/mol. The molecule has 0 N–H and O–H groups in total. The van der Waals surface area contributed by atoms with Gasteiger partial charge in [0.05, 0.1) is 6.61 Å². The molecule has 1 saturated carbocycles. The van der Waals surface area contributed by atoms with Crippen molar-refractivity contribution in [3.05, 3.63) is 41.5 Å². The summed E-state index contributed by atoms with van der Waals surface area (Å²) in [4.78, 5) is 24.5. The third-order valence-corrected chi connectivity index (χ3v) is 3.91. The molecule has 1 fully saturated rings. The van der Waals surface area contributed by atoms with Crippen molar-refractivity contribution in [1.29, 1.82) is 0 Å². The number of ketones is 1. The molecule has 1 aliphatic rings. The maximum absolute atomic E-state index is 12.3. The normalized spacial score (nSPS) is 23.8. The van der Waals surface area contributed by atoms with Crippen LogP contribution in [0.1, 0.15) is 38.7 Å². The van der Waals surface area contributed by atoms with E-state index in [2.05, 4.69) is 0 Å². The number of rotatable bonds is 4. The van der Waals surface area contributed by atoms with Crippen LogP contribution in [0.25, 0.3) is 6.08 Å². The van der Waals surface area contributed by atoms with Crippen molar-refractivity contribution in [1.82, 2.24) is 0 Å². The lowest BCUT2D eigenvalue weighted by molar-refractivity contribution is -0.156. The summed E-state index contributed by atoms with van der Waals surface area (Å²) in [7, 11) is 0. The number of esters is 1. The Labute approximate surface area is 119 Å². The fraction of sp³-hybridized carbons (Fsp3) is 0.412. The minimum atomic E-state index is -1.06. The minimum Gasteiger partial charge on any atom is -0.465 e. The first kappa shape index (κ1) is 14.5. The predicted molar refractivity (Wildman–Crippen MR) is 78.0 cm³/mol. The van der Waals surface area contributed by atoms with Crippen LogP contribution < -0.4 is 0 Å². The Morgan fingerprint density at radius 1 is 1.30 bits per heavy atom. The van der Waals surface area contributed by atoms with Crippen molar-refractivity contribution in [2.45, 2.75) is 33.1 Å². The lowest BCUT2D eigenvalue weighted by atomic mass is 9.78. The highest BCUT2D eigenvalue weighted by Gasteiger charge is 2.50. The lowest BCUT2D eigenvalue weighted by Crippen LogP contribution is -2.38. The molecule has 2 rings (SSSR count). The first-order valence-electron chi connectivity index (χ1n) is 7.05. The van der Waals surface area contributed by atoms with Crippen LogP contribution in [0.15, 0.2) is 35.9 Å². The van der Waals surface area contributed by atoms with Crippen LogP contribution in [0.5, 0.6) is 0 Å². The average molecular weight is 272 g/mol. The van der Waals surface area contributed by atoms with Crippen molar-refractivity contribution in [2.24, 2.45) is 5.41 Å². The molecular formula is C17H20O3. The van der Waals surface area contributed by atoms with Crippen molar-refractivity contribution in [3.8, 4) is 0 Å². The van der Waals surface area contributed by atoms with Crippen LogP contribution in [0, 0.1) is 5.41 Å². The summed E-state index contributed by atoms with van der Waals surface area (Å²) in [6, 6.07) is 9.78. The molecule has 1 aromatic carbocycles. The van der Waals surface area contributed by atoms with Gasteiger partial charge in [-0.2, -0.15) is 0 Å². The van der Waals surface area contributed by atoms with Gasteiger partial charge in [-0.15, -0.1) is 0 Å². The minimum absolute atomic E-state index is 0.115. The maximum atomic E-state index is 12.3. The summed E-state index contributed by atoms with van der Waals surface area (Å²) in [5, 5.41) is 0. The molecule has 0 bridgehead atoms. The molecular weight excluding hydrogens is 252 g/mol. The first-order chi connectivity index (χ1) is 9.61. The first-order valence-corrected chi connectivity index (χ1v) is 7.05. The van der Waals surface area contributed by atoms with E-state index < -0.39 is 11.4 Å². The second-order valence-corrected chi connectivity index (χ2v) is 5.12. The number of benzene rings is 1. The van der Waals surface area contributed by atoms with Gasteiger partial charge in [-0.1, -0.05) is 36.4 Å². The number of carbonyl (C=O) groups excluding carboxylic acids is 2. The van der Waals surface area contributed by atoms with E-state index >= 15 is 0 Å². The maximum Gasteiger partial charge on any atom is 0.323 e. The highest BCUT2D eigenvalue weighted by atomic mass is 16.5. The number of hydrogen-bond acceptors (Lipinski definition) is 3. The van der Waals surface area contributed by atoms with E-state index in [9.17, 15) is 9.59 Å². The molecule has 3 heteroatoms. The molecule has 1 aliphatic carbocycles. The zero-order chi connectivity index (χ0) is 14.6. The predicted octanol–water partition coefficient (Wildman–Crippen LogP) is 3.39. The van der Waals surface area contributed by atoms with Crippen molar-refractivity contribution in [3.63, 3.8) is 0 Å². The zero-order valence-corrected chi connectivity index (χ0v) is 12.0. The van der Waals surface area contributed by atoms with E-state index in [1.807, 2.05) is 36.4 Å². The Bertz CT molecular complexity index is 530. The quantitative estimate of drug-likeness (QED) is 0.623. The Kier molecular flexibility index (Phi) is 4.38. The Balaban J connectivity index is 2.43. The fourth-order valence-electron chi connectivity index (χ4n) is 2.90. The van der Waals surface area contributed by atoms with E-state index in [1.165, 1.54) is 6.92 Å². The summed E-state index contributed by atoms with van der Waals surface area (Å²) in [6.07, 6.45) is 4.13. The summed E-state index contributed by atoms with van der Waals surface area (Å²) in [6.45, 7) is 3.55. The number of carbonyl (C=O) groups is 2. The van der Waals surface area contributed by atoms with Crippen LogP contribution in [0.4, 0.5) is 0 Å². The summed E-state index contributed by atoms with van der Waals surface area (Å²) in [5.74, 6) is -0.511. The van der Waals surface area contributed by atoms with Gasteiger partial charge in [-0.3, -0.25) is 9.59 Å². The summed E-state index contributed by atoms with van der Waals surface area (Å²) in [5.41, 5.74) is 0.834. The van der Waals surface area contributed by atoms with E-state index in [0.29, 0.717) is 13.0 Å². The molecule has 1 aromatic rings. The van der Waals surface area contributed by atoms with Crippen LogP contribution in [-0.4, -0.2) is 18.4 Å². The lowest BCUT2D eigenvalue weighted by Gasteiger charge is -2.25. The molecule has 0 spiro atoms. The van der Waals surface area contributed by atoms with Crippen LogP contribution >= 0.6 is 0 Å². The highest BCUT2D eigenvalue weighted by Crippen LogP contribution is 2.45. The molecule has 0 saturated heterocycles. The van der Waals surface area contributed by atoms with Gasteiger partial charge in [0.2, 0.25) is 0 Å². The molecule has 0 amide bonds. The smallest absolute Gasteiger partial charge is 0.323 e. The van der Waals surface area contributed by atoms with Crippen molar-refractivity contribution in [2.75, 3.05) is 6.61 Å². The fourth-order valence-corrected chi connectivity index (χ4v) is 2.90. The number of ether oxygens (including phenoxy) is 1. The third kappa shape index (κ3) is 2.53. The van der Waals surface area contributed by atoms with Gasteiger partial charge >= 0.3 is 5.97 Å². The van der Waals surface area contributed by atoms with E-state index in [4.69, 9.17) is 4.74 Å². The van der Waals surface area contributed by atoms with Gasteiger partial charge in [0.1, 0.15) is 5.41 Å². The average Bonchev–Trinajstić information content (AvgIpc) is 2.85. The highest BCUT2D eigenvalue weighted by molar-refractivity contribution is 6.07. The van der Waals surface area contributed by atoms with E-state index in [-0.39, 0.29) is 5.78 Å².